The summed E-state index contributed by atoms with van der Waals surface area (Å²) in [6, 6.07) is 23.2. The van der Waals surface area contributed by atoms with E-state index in [0.717, 1.165) is 55.0 Å². The lowest BCUT2D eigenvalue weighted by molar-refractivity contribution is -0.164. The maximum atomic E-state index is 11.4. The SMILES string of the molecule is CC(=O)OC[C@H]1O[C@H](CCON=C(C)CCN2CCc3nc(-c4ccccc4)c(-c4ccccc4)cc3C2)C=C[C@H]1OC(C)=O. The van der Waals surface area contributed by atoms with Crippen molar-refractivity contribution in [3.8, 4) is 22.4 Å². The molecule has 2 aromatic carbocycles. The van der Waals surface area contributed by atoms with Gasteiger partial charge in [0.15, 0.2) is 0 Å². The van der Waals surface area contributed by atoms with Gasteiger partial charge in [-0.2, -0.15) is 0 Å². The maximum Gasteiger partial charge on any atom is 0.303 e. The molecule has 0 saturated heterocycles. The van der Waals surface area contributed by atoms with E-state index in [1.165, 1.54) is 30.7 Å². The van der Waals surface area contributed by atoms with Gasteiger partial charge in [0.2, 0.25) is 0 Å². The third kappa shape index (κ3) is 9.09. The van der Waals surface area contributed by atoms with Crippen LogP contribution < -0.4 is 0 Å². The fourth-order valence-corrected chi connectivity index (χ4v) is 5.57. The highest BCUT2D eigenvalue weighted by Gasteiger charge is 2.30. The van der Waals surface area contributed by atoms with Crippen molar-refractivity contribution < 1.29 is 28.6 Å². The number of carbonyl (C=O) groups is 2. The highest BCUT2D eigenvalue weighted by molar-refractivity contribution is 5.82. The molecule has 2 aliphatic rings. The lowest BCUT2D eigenvalue weighted by atomic mass is 9.94. The standard InChI is InChI=1S/C36H41N3O6/c1-25(38-43-21-18-31-14-15-34(44-27(3)41)35(45-31)24-42-26(2)40)16-19-39-20-17-33-30(23-39)22-32(28-10-6-4-7-11-28)36(37-33)29-12-8-5-9-13-29/h4-15,22,31,34-35H,16-21,23-24H2,1-3H3/t31-,34+,35+/m0/s1. The van der Waals surface area contributed by atoms with E-state index in [-0.39, 0.29) is 12.7 Å². The molecule has 0 spiro atoms. The molecule has 236 valence electrons. The van der Waals surface area contributed by atoms with E-state index in [4.69, 9.17) is 24.0 Å². The molecule has 0 amide bonds. The zero-order valence-corrected chi connectivity index (χ0v) is 26.2. The van der Waals surface area contributed by atoms with Gasteiger partial charge in [0.1, 0.15) is 25.4 Å². The zero-order valence-electron chi connectivity index (χ0n) is 26.2. The molecule has 3 heterocycles. The zero-order chi connectivity index (χ0) is 31.6. The van der Waals surface area contributed by atoms with E-state index >= 15 is 0 Å². The third-order valence-electron chi connectivity index (χ3n) is 7.87. The predicted octanol–water partition coefficient (Wildman–Crippen LogP) is 5.76. The maximum absolute atomic E-state index is 11.4. The van der Waals surface area contributed by atoms with Crippen LogP contribution in [0.2, 0.25) is 0 Å². The lowest BCUT2D eigenvalue weighted by Gasteiger charge is -2.31. The van der Waals surface area contributed by atoms with E-state index in [1.54, 1.807) is 6.08 Å². The summed E-state index contributed by atoms with van der Waals surface area (Å²) in [4.78, 5) is 35.9. The second-order valence-corrected chi connectivity index (χ2v) is 11.4. The molecule has 2 aliphatic heterocycles. The summed E-state index contributed by atoms with van der Waals surface area (Å²) in [5.41, 5.74) is 7.86. The Morgan fingerprint density at radius 2 is 1.71 bits per heavy atom. The molecule has 0 radical (unpaired) electrons. The highest BCUT2D eigenvalue weighted by Crippen LogP contribution is 2.34. The number of carbonyl (C=O) groups excluding carboxylic acids is 2. The highest BCUT2D eigenvalue weighted by atomic mass is 16.6. The number of oxime groups is 1. The van der Waals surface area contributed by atoms with Gasteiger partial charge in [-0.15, -0.1) is 0 Å². The molecule has 0 saturated carbocycles. The summed E-state index contributed by atoms with van der Waals surface area (Å²) in [6.45, 7) is 7.68. The Bertz CT molecular complexity index is 1510. The minimum Gasteiger partial charge on any atom is -0.463 e. The van der Waals surface area contributed by atoms with Crippen molar-refractivity contribution >= 4 is 17.7 Å². The third-order valence-corrected chi connectivity index (χ3v) is 7.87. The first-order valence-corrected chi connectivity index (χ1v) is 15.5. The van der Waals surface area contributed by atoms with Crippen molar-refractivity contribution in [2.75, 3.05) is 26.3 Å². The second kappa shape index (κ2) is 15.6. The van der Waals surface area contributed by atoms with Gasteiger partial charge in [-0.1, -0.05) is 71.9 Å². The van der Waals surface area contributed by atoms with Gasteiger partial charge in [0, 0.05) is 69.6 Å². The average Bonchev–Trinajstić information content (AvgIpc) is 3.05. The Hall–Kier alpha value is -4.34. The number of rotatable bonds is 12. The molecule has 3 aromatic rings. The van der Waals surface area contributed by atoms with Crippen molar-refractivity contribution in [3.05, 3.63) is 90.1 Å². The van der Waals surface area contributed by atoms with Crippen molar-refractivity contribution in [1.82, 2.24) is 9.88 Å². The first kappa shape index (κ1) is 32.1. The number of ether oxygens (including phenoxy) is 3. The lowest BCUT2D eigenvalue weighted by Crippen LogP contribution is -2.41. The van der Waals surface area contributed by atoms with Gasteiger partial charge in [-0.3, -0.25) is 19.5 Å². The Kier molecular flexibility index (Phi) is 11.1. The molecule has 0 fully saturated rings. The summed E-state index contributed by atoms with van der Waals surface area (Å²) in [7, 11) is 0. The van der Waals surface area contributed by atoms with Crippen molar-refractivity contribution in [1.29, 1.82) is 0 Å². The number of nitrogens with zero attached hydrogens (tertiary/aromatic N) is 3. The molecule has 0 N–H and O–H groups in total. The summed E-state index contributed by atoms with van der Waals surface area (Å²) >= 11 is 0. The van der Waals surface area contributed by atoms with Crippen molar-refractivity contribution in [3.63, 3.8) is 0 Å². The molecule has 0 aliphatic carbocycles. The van der Waals surface area contributed by atoms with Crippen LogP contribution in [0.1, 0.15) is 44.9 Å². The van der Waals surface area contributed by atoms with Gasteiger partial charge in [-0.25, -0.2) is 0 Å². The van der Waals surface area contributed by atoms with E-state index < -0.39 is 24.1 Å². The van der Waals surface area contributed by atoms with E-state index in [9.17, 15) is 9.59 Å². The van der Waals surface area contributed by atoms with Crippen LogP contribution >= 0.6 is 0 Å². The largest absolute Gasteiger partial charge is 0.463 e. The number of esters is 2. The fraction of sp³-hybridized carbons (Fsp3) is 0.389. The van der Waals surface area contributed by atoms with Crippen LogP contribution in [0.25, 0.3) is 22.4 Å². The van der Waals surface area contributed by atoms with Crippen LogP contribution in [0.3, 0.4) is 0 Å². The summed E-state index contributed by atoms with van der Waals surface area (Å²) < 4.78 is 16.4. The monoisotopic (exact) mass is 611 g/mol. The minimum atomic E-state index is -0.604. The fourth-order valence-electron chi connectivity index (χ4n) is 5.57. The van der Waals surface area contributed by atoms with Gasteiger partial charge >= 0.3 is 11.9 Å². The quantitative estimate of drug-likeness (QED) is 0.0838. The molecular weight excluding hydrogens is 570 g/mol. The summed E-state index contributed by atoms with van der Waals surface area (Å²) in [5.74, 6) is -0.841. The van der Waals surface area contributed by atoms with E-state index in [1.807, 2.05) is 25.1 Å². The van der Waals surface area contributed by atoms with E-state index in [2.05, 4.69) is 64.7 Å². The Labute approximate surface area is 264 Å². The first-order chi connectivity index (χ1) is 21.9. The normalized spacial score (nSPS) is 19.9. The van der Waals surface area contributed by atoms with Gasteiger partial charge in [-0.05, 0) is 30.2 Å². The number of pyridine rings is 1. The van der Waals surface area contributed by atoms with Crippen LogP contribution in [-0.2, 0) is 41.6 Å². The van der Waals surface area contributed by atoms with Gasteiger partial charge in [0.05, 0.1) is 17.5 Å². The molecule has 3 atom stereocenters. The number of benzene rings is 2. The van der Waals surface area contributed by atoms with Crippen LogP contribution in [-0.4, -0.2) is 72.1 Å². The summed E-state index contributed by atoms with van der Waals surface area (Å²) in [5, 5.41) is 4.33. The van der Waals surface area contributed by atoms with Gasteiger partial charge < -0.3 is 19.0 Å². The Morgan fingerprint density at radius 1 is 0.978 bits per heavy atom. The number of hydrogen-bond acceptors (Lipinski definition) is 9. The van der Waals surface area contributed by atoms with Crippen LogP contribution in [0, 0.1) is 0 Å². The molecular formula is C36H41N3O6. The van der Waals surface area contributed by atoms with Crippen LogP contribution in [0.5, 0.6) is 0 Å². The van der Waals surface area contributed by atoms with Crippen molar-refractivity contribution in [2.45, 2.75) is 64.9 Å². The molecule has 45 heavy (non-hydrogen) atoms. The van der Waals surface area contributed by atoms with E-state index in [0.29, 0.717) is 13.0 Å². The van der Waals surface area contributed by atoms with Crippen molar-refractivity contribution in [2.24, 2.45) is 5.16 Å². The first-order valence-electron chi connectivity index (χ1n) is 15.5. The van der Waals surface area contributed by atoms with Crippen LogP contribution in [0.15, 0.2) is 84.0 Å². The molecule has 1 aromatic heterocycles. The Morgan fingerprint density at radius 3 is 2.42 bits per heavy atom. The Balaban J connectivity index is 1.13. The number of aromatic nitrogens is 1. The molecule has 0 bridgehead atoms. The topological polar surface area (TPSA) is 99.6 Å². The summed E-state index contributed by atoms with van der Waals surface area (Å²) in [6.07, 6.45) is 4.43. The number of fused-ring (bicyclic) bond motifs is 1. The second-order valence-electron chi connectivity index (χ2n) is 11.4. The van der Waals surface area contributed by atoms with Gasteiger partial charge in [0.25, 0.3) is 0 Å². The molecule has 0 unspecified atom stereocenters. The average molecular weight is 612 g/mol. The van der Waals surface area contributed by atoms with Crippen LogP contribution in [0.4, 0.5) is 0 Å². The molecule has 5 rings (SSSR count). The molecule has 9 heteroatoms. The smallest absolute Gasteiger partial charge is 0.303 e. The minimum absolute atomic E-state index is 0.00499. The molecule has 9 nitrogen and oxygen atoms in total. The number of hydrogen-bond donors (Lipinski definition) is 0. The predicted molar refractivity (Wildman–Crippen MR) is 172 cm³/mol.